The van der Waals surface area contributed by atoms with Crippen LogP contribution in [0.3, 0.4) is 0 Å². The molecular formula is C17H24F3N3O2S. The van der Waals surface area contributed by atoms with Crippen molar-refractivity contribution in [3.63, 3.8) is 0 Å². The first-order valence-electron chi connectivity index (χ1n) is 8.87. The first-order valence-corrected chi connectivity index (χ1v) is 10.3. The van der Waals surface area contributed by atoms with Crippen molar-refractivity contribution in [2.24, 2.45) is 5.92 Å². The molecule has 1 aromatic carbocycles. The van der Waals surface area contributed by atoms with Crippen LogP contribution in [-0.4, -0.2) is 63.4 Å². The summed E-state index contributed by atoms with van der Waals surface area (Å²) in [6.45, 7) is 4.85. The highest BCUT2D eigenvalue weighted by Gasteiger charge is 2.34. The van der Waals surface area contributed by atoms with E-state index in [0.717, 1.165) is 50.7 Å². The second kappa shape index (κ2) is 7.84. The normalized spacial score (nSPS) is 21.8. The fourth-order valence-electron chi connectivity index (χ4n) is 3.56. The summed E-state index contributed by atoms with van der Waals surface area (Å²) in [7, 11) is -3.90. The molecule has 0 aliphatic carbocycles. The van der Waals surface area contributed by atoms with E-state index in [1.165, 1.54) is 10.4 Å². The Morgan fingerprint density at radius 3 is 2.35 bits per heavy atom. The smallest absolute Gasteiger partial charge is 0.317 e. The molecule has 0 bridgehead atoms. The molecule has 0 amide bonds. The molecule has 0 aromatic heterocycles. The molecule has 2 saturated heterocycles. The van der Waals surface area contributed by atoms with Gasteiger partial charge in [0.2, 0.25) is 10.0 Å². The van der Waals surface area contributed by atoms with Crippen LogP contribution >= 0.6 is 0 Å². The number of piperidine rings is 1. The summed E-state index contributed by atoms with van der Waals surface area (Å²) in [5.41, 5.74) is -0.942. The van der Waals surface area contributed by atoms with Gasteiger partial charge in [-0.3, -0.25) is 0 Å². The lowest BCUT2D eigenvalue weighted by Gasteiger charge is -2.36. The van der Waals surface area contributed by atoms with E-state index in [2.05, 4.69) is 10.2 Å². The number of hydrogen-bond donors (Lipinski definition) is 1. The second-order valence-electron chi connectivity index (χ2n) is 6.92. The van der Waals surface area contributed by atoms with Crippen LogP contribution in [0, 0.1) is 5.92 Å². The van der Waals surface area contributed by atoms with Gasteiger partial charge < -0.3 is 10.2 Å². The van der Waals surface area contributed by atoms with Crippen LogP contribution in [0.4, 0.5) is 13.2 Å². The summed E-state index contributed by atoms with van der Waals surface area (Å²) in [5, 5.41) is 3.33. The standard InChI is InChI=1S/C17H24F3N3O2S/c18-17(19,20)15-2-1-3-16(12-15)26(24,25)23-10-8-22(9-11-23)13-14-4-6-21-7-5-14/h1-3,12,14,21H,4-11,13H2. The third-order valence-electron chi connectivity index (χ3n) is 5.11. The van der Waals surface area contributed by atoms with Gasteiger partial charge in [0.25, 0.3) is 0 Å². The average molecular weight is 391 g/mol. The number of nitrogens with zero attached hydrogens (tertiary/aromatic N) is 2. The number of alkyl halides is 3. The van der Waals surface area contributed by atoms with Gasteiger partial charge in [0.05, 0.1) is 10.5 Å². The minimum Gasteiger partial charge on any atom is -0.317 e. The molecule has 2 aliphatic heterocycles. The van der Waals surface area contributed by atoms with E-state index in [1.807, 2.05) is 0 Å². The van der Waals surface area contributed by atoms with E-state index >= 15 is 0 Å². The lowest BCUT2D eigenvalue weighted by Crippen LogP contribution is -2.50. The SMILES string of the molecule is O=S(=O)(c1cccc(C(F)(F)F)c1)N1CCN(CC2CCNCC2)CC1. The third kappa shape index (κ3) is 4.57. The average Bonchev–Trinajstić information content (AvgIpc) is 2.62. The zero-order chi connectivity index (χ0) is 18.8. The van der Waals surface area contributed by atoms with Crippen molar-refractivity contribution in [2.75, 3.05) is 45.8 Å². The predicted octanol–water partition coefficient (Wildman–Crippen LogP) is 2.01. The number of benzene rings is 1. The molecule has 0 unspecified atom stereocenters. The molecule has 1 N–H and O–H groups in total. The lowest BCUT2D eigenvalue weighted by molar-refractivity contribution is -0.137. The highest BCUT2D eigenvalue weighted by molar-refractivity contribution is 7.89. The van der Waals surface area contributed by atoms with Crippen LogP contribution in [0.15, 0.2) is 29.2 Å². The van der Waals surface area contributed by atoms with Crippen molar-refractivity contribution in [1.82, 2.24) is 14.5 Å². The number of rotatable bonds is 4. The lowest BCUT2D eigenvalue weighted by atomic mass is 9.97. The van der Waals surface area contributed by atoms with Crippen molar-refractivity contribution in [1.29, 1.82) is 0 Å². The van der Waals surface area contributed by atoms with Gasteiger partial charge in [-0.2, -0.15) is 17.5 Å². The maximum Gasteiger partial charge on any atom is 0.416 e. The molecule has 1 aromatic rings. The fraction of sp³-hybridized carbons (Fsp3) is 0.647. The van der Waals surface area contributed by atoms with Crippen LogP contribution in [0.2, 0.25) is 0 Å². The largest absolute Gasteiger partial charge is 0.416 e. The van der Waals surface area contributed by atoms with Crippen LogP contribution in [0.25, 0.3) is 0 Å². The fourth-order valence-corrected chi connectivity index (χ4v) is 5.03. The van der Waals surface area contributed by atoms with Gasteiger partial charge in [-0.15, -0.1) is 0 Å². The summed E-state index contributed by atoms with van der Waals surface area (Å²) in [6.07, 6.45) is -2.30. The number of piperazine rings is 1. The molecule has 0 spiro atoms. The summed E-state index contributed by atoms with van der Waals surface area (Å²) in [5.74, 6) is 0.628. The van der Waals surface area contributed by atoms with E-state index < -0.39 is 21.8 Å². The van der Waals surface area contributed by atoms with Crippen LogP contribution in [0.5, 0.6) is 0 Å². The van der Waals surface area contributed by atoms with E-state index in [4.69, 9.17) is 0 Å². The Balaban J connectivity index is 1.63. The summed E-state index contributed by atoms with van der Waals surface area (Å²) in [4.78, 5) is 1.97. The predicted molar refractivity (Wildman–Crippen MR) is 92.2 cm³/mol. The highest BCUT2D eigenvalue weighted by atomic mass is 32.2. The monoisotopic (exact) mass is 391 g/mol. The van der Waals surface area contributed by atoms with Crippen molar-refractivity contribution < 1.29 is 21.6 Å². The zero-order valence-electron chi connectivity index (χ0n) is 14.5. The summed E-state index contributed by atoms with van der Waals surface area (Å²) in [6, 6.07) is 3.97. The van der Waals surface area contributed by atoms with Gasteiger partial charge in [-0.25, -0.2) is 8.42 Å². The number of hydrogen-bond acceptors (Lipinski definition) is 4. The molecule has 2 heterocycles. The first-order chi connectivity index (χ1) is 12.3. The molecule has 0 radical (unpaired) electrons. The summed E-state index contributed by atoms with van der Waals surface area (Å²) < 4.78 is 65.2. The van der Waals surface area contributed by atoms with Gasteiger partial charge in [0, 0.05) is 32.7 Å². The molecule has 9 heteroatoms. The minimum absolute atomic E-state index is 0.292. The van der Waals surface area contributed by atoms with E-state index in [-0.39, 0.29) is 4.90 Å². The molecular weight excluding hydrogens is 367 g/mol. The molecule has 146 valence electrons. The van der Waals surface area contributed by atoms with Crippen molar-refractivity contribution >= 4 is 10.0 Å². The van der Waals surface area contributed by atoms with E-state index in [0.29, 0.717) is 32.1 Å². The molecule has 3 rings (SSSR count). The van der Waals surface area contributed by atoms with Crippen molar-refractivity contribution in [3.8, 4) is 0 Å². The highest BCUT2D eigenvalue weighted by Crippen LogP contribution is 2.31. The van der Waals surface area contributed by atoms with Crippen LogP contribution < -0.4 is 5.32 Å². The van der Waals surface area contributed by atoms with Crippen LogP contribution in [0.1, 0.15) is 18.4 Å². The summed E-state index contributed by atoms with van der Waals surface area (Å²) >= 11 is 0. The molecule has 5 nitrogen and oxygen atoms in total. The Bertz CT molecular complexity index is 710. The van der Waals surface area contributed by atoms with Crippen molar-refractivity contribution in [3.05, 3.63) is 29.8 Å². The molecule has 2 aliphatic rings. The number of nitrogens with one attached hydrogen (secondary N) is 1. The Morgan fingerprint density at radius 2 is 1.73 bits per heavy atom. The third-order valence-corrected chi connectivity index (χ3v) is 7.00. The molecule has 0 saturated carbocycles. The molecule has 0 atom stereocenters. The number of sulfonamides is 1. The van der Waals surface area contributed by atoms with Crippen molar-refractivity contribution in [2.45, 2.75) is 23.9 Å². The first kappa shape index (κ1) is 19.6. The molecule has 26 heavy (non-hydrogen) atoms. The van der Waals surface area contributed by atoms with Gasteiger partial charge in [-0.05, 0) is 50.0 Å². The topological polar surface area (TPSA) is 52.7 Å². The van der Waals surface area contributed by atoms with E-state index in [9.17, 15) is 21.6 Å². The van der Waals surface area contributed by atoms with E-state index in [1.54, 1.807) is 0 Å². The minimum atomic E-state index is -4.56. The second-order valence-corrected chi connectivity index (χ2v) is 8.86. The molecule has 2 fully saturated rings. The van der Waals surface area contributed by atoms with Crippen LogP contribution in [-0.2, 0) is 16.2 Å². The Labute approximate surface area is 152 Å². The Morgan fingerprint density at radius 1 is 1.08 bits per heavy atom. The van der Waals surface area contributed by atoms with Gasteiger partial charge in [0.15, 0.2) is 0 Å². The zero-order valence-corrected chi connectivity index (χ0v) is 15.3. The maximum absolute atomic E-state index is 12.9. The Kier molecular flexibility index (Phi) is 5.91. The van der Waals surface area contributed by atoms with Gasteiger partial charge in [-0.1, -0.05) is 6.07 Å². The van der Waals surface area contributed by atoms with Gasteiger partial charge >= 0.3 is 6.18 Å². The Hall–Kier alpha value is -1.16. The maximum atomic E-state index is 12.9. The number of halogens is 3. The quantitative estimate of drug-likeness (QED) is 0.853. The van der Waals surface area contributed by atoms with Gasteiger partial charge in [0.1, 0.15) is 0 Å².